The van der Waals surface area contributed by atoms with Crippen LogP contribution >= 0.6 is 11.6 Å². The van der Waals surface area contributed by atoms with Crippen molar-refractivity contribution in [3.8, 4) is 5.75 Å². The fourth-order valence-electron chi connectivity index (χ4n) is 1.52. The number of fused-ring (bicyclic) bond motifs is 1. The normalized spacial score (nSPS) is 10.6. The number of phenolic OH excluding ortho intramolecular Hbond substituents is 1. The Balaban J connectivity index is 2.33. The molecule has 0 aliphatic carbocycles. The highest BCUT2D eigenvalue weighted by Crippen LogP contribution is 2.28. The number of halogens is 1. The molecule has 16 heavy (non-hydrogen) atoms. The molecule has 0 radical (unpaired) electrons. The Morgan fingerprint density at radius 3 is 2.94 bits per heavy atom. The molecule has 1 aromatic heterocycles. The molecule has 0 saturated carbocycles. The molecule has 0 unspecified atom stereocenters. The van der Waals surface area contributed by atoms with Crippen LogP contribution in [0.15, 0.2) is 18.2 Å². The Morgan fingerprint density at radius 1 is 1.50 bits per heavy atom. The molecule has 2 rings (SSSR count). The van der Waals surface area contributed by atoms with Crippen LogP contribution in [-0.4, -0.2) is 16.0 Å². The van der Waals surface area contributed by atoms with Crippen molar-refractivity contribution in [3.63, 3.8) is 0 Å². The van der Waals surface area contributed by atoms with E-state index < -0.39 is 0 Å². The average molecular weight is 239 g/mol. The number of nitrogens with one attached hydrogen (secondary N) is 2. The number of hydrogen-bond acceptors (Lipinski definition) is 2. The molecule has 1 heterocycles. The maximum atomic E-state index is 10.8. The molecule has 0 aliphatic heterocycles. The highest BCUT2D eigenvalue weighted by molar-refractivity contribution is 6.32. The molecule has 84 valence electrons. The number of H-pyrrole nitrogens is 1. The molecule has 1 amide bonds. The lowest BCUT2D eigenvalue weighted by Gasteiger charge is -1.97. The summed E-state index contributed by atoms with van der Waals surface area (Å²) in [6.07, 6.45) is 0. The zero-order valence-corrected chi connectivity index (χ0v) is 9.43. The van der Waals surface area contributed by atoms with Gasteiger partial charge in [0.1, 0.15) is 5.75 Å². The smallest absolute Gasteiger partial charge is 0.217 e. The fraction of sp³-hybridized carbons (Fsp3) is 0.182. The Bertz CT molecular complexity index is 509. The number of phenols is 1. The molecule has 5 heteroatoms. The number of aromatic amines is 1. The van der Waals surface area contributed by atoms with Crippen LogP contribution in [0.4, 0.5) is 0 Å². The molecule has 4 nitrogen and oxygen atoms in total. The summed E-state index contributed by atoms with van der Waals surface area (Å²) in [5.74, 6) is -0.0402. The summed E-state index contributed by atoms with van der Waals surface area (Å²) in [5, 5.41) is 13.3. The molecule has 2 aromatic rings. The van der Waals surface area contributed by atoms with Crippen LogP contribution < -0.4 is 5.32 Å². The minimum atomic E-state index is -0.0838. The summed E-state index contributed by atoms with van der Waals surface area (Å²) >= 11 is 5.79. The van der Waals surface area contributed by atoms with Crippen molar-refractivity contribution in [2.45, 2.75) is 13.5 Å². The highest BCUT2D eigenvalue weighted by Gasteiger charge is 2.05. The third kappa shape index (κ3) is 2.12. The summed E-state index contributed by atoms with van der Waals surface area (Å²) in [5.41, 5.74) is 1.66. The van der Waals surface area contributed by atoms with Gasteiger partial charge in [0.2, 0.25) is 5.91 Å². The standard InChI is InChI=1S/C11H11ClN2O2/c1-6(15)13-5-8-2-7-3-9(12)11(16)4-10(7)14-8/h2-4,14,16H,5H2,1H3,(H,13,15). The second-order valence-electron chi connectivity index (χ2n) is 3.60. The van der Waals surface area contributed by atoms with E-state index in [1.54, 1.807) is 12.1 Å². The first-order valence-corrected chi connectivity index (χ1v) is 5.18. The van der Waals surface area contributed by atoms with Gasteiger partial charge in [0.25, 0.3) is 0 Å². The molecule has 3 N–H and O–H groups in total. The van der Waals surface area contributed by atoms with E-state index in [4.69, 9.17) is 11.6 Å². The van der Waals surface area contributed by atoms with E-state index in [2.05, 4.69) is 10.3 Å². The Labute approximate surface area is 97.2 Å². The summed E-state index contributed by atoms with van der Waals surface area (Å²) < 4.78 is 0. The van der Waals surface area contributed by atoms with E-state index in [0.717, 1.165) is 16.6 Å². The fourth-order valence-corrected chi connectivity index (χ4v) is 1.69. The quantitative estimate of drug-likeness (QED) is 0.751. The number of carbonyl (C=O) groups is 1. The summed E-state index contributed by atoms with van der Waals surface area (Å²) in [6.45, 7) is 1.90. The molecule has 0 saturated heterocycles. The van der Waals surface area contributed by atoms with Gasteiger partial charge in [-0.25, -0.2) is 0 Å². The van der Waals surface area contributed by atoms with Crippen LogP contribution in [0.2, 0.25) is 5.02 Å². The lowest BCUT2D eigenvalue weighted by molar-refractivity contribution is -0.119. The maximum absolute atomic E-state index is 10.8. The number of carbonyl (C=O) groups excluding carboxylic acids is 1. The van der Waals surface area contributed by atoms with E-state index in [-0.39, 0.29) is 11.7 Å². The molecular formula is C11H11ClN2O2. The third-order valence-corrected chi connectivity index (χ3v) is 2.57. The summed E-state index contributed by atoms with van der Waals surface area (Å²) in [7, 11) is 0. The van der Waals surface area contributed by atoms with Gasteiger partial charge in [-0.2, -0.15) is 0 Å². The van der Waals surface area contributed by atoms with Crippen molar-refractivity contribution < 1.29 is 9.90 Å². The zero-order valence-electron chi connectivity index (χ0n) is 8.67. The van der Waals surface area contributed by atoms with Crippen molar-refractivity contribution >= 4 is 28.4 Å². The van der Waals surface area contributed by atoms with Crippen molar-refractivity contribution in [2.24, 2.45) is 0 Å². The van der Waals surface area contributed by atoms with Crippen LogP contribution in [0.5, 0.6) is 5.75 Å². The van der Waals surface area contributed by atoms with E-state index >= 15 is 0 Å². The number of hydrogen-bond donors (Lipinski definition) is 3. The maximum Gasteiger partial charge on any atom is 0.217 e. The van der Waals surface area contributed by atoms with Gasteiger partial charge in [0.15, 0.2) is 0 Å². The molecule has 0 bridgehead atoms. The number of aromatic hydroxyl groups is 1. The second-order valence-corrected chi connectivity index (χ2v) is 4.00. The predicted molar refractivity (Wildman–Crippen MR) is 62.5 cm³/mol. The second kappa shape index (κ2) is 4.06. The Morgan fingerprint density at radius 2 is 2.25 bits per heavy atom. The number of benzene rings is 1. The van der Waals surface area contributed by atoms with Gasteiger partial charge in [0.05, 0.1) is 11.6 Å². The molecule has 0 atom stereocenters. The topological polar surface area (TPSA) is 65.1 Å². The zero-order chi connectivity index (χ0) is 11.7. The third-order valence-electron chi connectivity index (χ3n) is 2.27. The van der Waals surface area contributed by atoms with Crippen LogP contribution in [0.25, 0.3) is 10.9 Å². The van der Waals surface area contributed by atoms with Gasteiger partial charge < -0.3 is 15.4 Å². The number of rotatable bonds is 2. The van der Waals surface area contributed by atoms with Gasteiger partial charge in [-0.3, -0.25) is 4.79 Å². The van der Waals surface area contributed by atoms with Crippen LogP contribution in [0.3, 0.4) is 0 Å². The van der Waals surface area contributed by atoms with Crippen LogP contribution in [0.1, 0.15) is 12.6 Å². The van der Waals surface area contributed by atoms with Crippen LogP contribution in [-0.2, 0) is 11.3 Å². The summed E-state index contributed by atoms with van der Waals surface area (Å²) in [4.78, 5) is 13.8. The lowest BCUT2D eigenvalue weighted by Crippen LogP contribution is -2.18. The van der Waals surface area contributed by atoms with Crippen molar-refractivity contribution in [1.82, 2.24) is 10.3 Å². The van der Waals surface area contributed by atoms with E-state index in [9.17, 15) is 9.90 Å². The Kier molecular flexibility index (Phi) is 2.75. The molecule has 0 spiro atoms. The molecule has 0 fully saturated rings. The van der Waals surface area contributed by atoms with E-state index in [1.807, 2.05) is 6.07 Å². The lowest BCUT2D eigenvalue weighted by atomic mass is 10.2. The molecule has 0 aliphatic rings. The van der Waals surface area contributed by atoms with Crippen molar-refractivity contribution in [2.75, 3.05) is 0 Å². The first-order chi connectivity index (χ1) is 7.56. The van der Waals surface area contributed by atoms with Crippen molar-refractivity contribution in [3.05, 3.63) is 28.9 Å². The van der Waals surface area contributed by atoms with Crippen molar-refractivity contribution in [1.29, 1.82) is 0 Å². The molecular weight excluding hydrogens is 228 g/mol. The minimum Gasteiger partial charge on any atom is -0.506 e. The van der Waals surface area contributed by atoms with Gasteiger partial charge in [-0.15, -0.1) is 0 Å². The van der Waals surface area contributed by atoms with Gasteiger partial charge >= 0.3 is 0 Å². The number of amides is 1. The largest absolute Gasteiger partial charge is 0.506 e. The number of aromatic nitrogens is 1. The minimum absolute atomic E-state index is 0.0436. The first-order valence-electron chi connectivity index (χ1n) is 4.81. The van der Waals surface area contributed by atoms with Gasteiger partial charge in [-0.05, 0) is 12.1 Å². The Hall–Kier alpha value is -1.68. The first kappa shape index (κ1) is 10.8. The van der Waals surface area contributed by atoms with Gasteiger partial charge in [0, 0.05) is 29.6 Å². The van der Waals surface area contributed by atoms with Crippen LogP contribution in [0, 0.1) is 0 Å². The monoisotopic (exact) mass is 238 g/mol. The highest BCUT2D eigenvalue weighted by atomic mass is 35.5. The van der Waals surface area contributed by atoms with Gasteiger partial charge in [-0.1, -0.05) is 11.6 Å². The van der Waals surface area contributed by atoms with E-state index in [1.165, 1.54) is 6.92 Å². The molecule has 1 aromatic carbocycles. The summed E-state index contributed by atoms with van der Waals surface area (Å²) in [6, 6.07) is 5.13. The SMILES string of the molecule is CC(=O)NCc1cc2cc(Cl)c(O)cc2[nH]1. The predicted octanol–water partition coefficient (Wildman–Crippen LogP) is 2.16. The van der Waals surface area contributed by atoms with E-state index in [0.29, 0.717) is 11.6 Å². The average Bonchev–Trinajstić information content (AvgIpc) is 2.58.